The molecule has 0 saturated carbocycles. The summed E-state index contributed by atoms with van der Waals surface area (Å²) in [5, 5.41) is 19.4. The van der Waals surface area contributed by atoms with Gasteiger partial charge in [-0.25, -0.2) is 0 Å². The van der Waals surface area contributed by atoms with Gasteiger partial charge in [-0.15, -0.1) is 10.2 Å². The molecule has 0 saturated heterocycles. The average molecular weight is 513 g/mol. The van der Waals surface area contributed by atoms with Crippen molar-refractivity contribution >= 4 is 11.6 Å². The van der Waals surface area contributed by atoms with Crippen molar-refractivity contribution in [1.29, 1.82) is 0 Å². The third-order valence-corrected chi connectivity index (χ3v) is 5.51. The van der Waals surface area contributed by atoms with E-state index < -0.39 is 11.4 Å². The third kappa shape index (κ3) is 5.19. The lowest BCUT2D eigenvalue weighted by atomic mass is 10.1. The summed E-state index contributed by atoms with van der Waals surface area (Å²) in [6, 6.07) is 12.3. The zero-order chi connectivity index (χ0) is 25.8. The fourth-order valence-electron chi connectivity index (χ4n) is 3.56. The van der Waals surface area contributed by atoms with Gasteiger partial charge in [0, 0.05) is 5.02 Å². The van der Waals surface area contributed by atoms with E-state index in [4.69, 9.17) is 30.2 Å². The Morgan fingerprint density at radius 3 is 2.33 bits per heavy atom. The summed E-state index contributed by atoms with van der Waals surface area (Å²) in [5.41, 5.74) is 0.263. The topological polar surface area (TPSA) is 122 Å². The van der Waals surface area contributed by atoms with Crippen LogP contribution in [0, 0.1) is 0 Å². The van der Waals surface area contributed by atoms with Crippen LogP contribution < -0.4 is 15.0 Å². The number of hydrogen-bond acceptors (Lipinski definition) is 9. The number of halogens is 1. The molecular formula is C25H25ClN4O6. The molecule has 2 aromatic heterocycles. The smallest absolute Gasteiger partial charge is 0.275 e. The number of methoxy groups -OCH3 is 2. The van der Waals surface area contributed by atoms with E-state index in [9.17, 15) is 9.90 Å². The minimum atomic E-state index is -0.658. The lowest BCUT2D eigenvalue weighted by Gasteiger charge is -2.19. The predicted octanol–water partition coefficient (Wildman–Crippen LogP) is 4.17. The number of aromatic hydroxyl groups is 1. The van der Waals surface area contributed by atoms with E-state index in [0.29, 0.717) is 28.6 Å². The second-order valence-electron chi connectivity index (χ2n) is 8.04. The highest BCUT2D eigenvalue weighted by molar-refractivity contribution is 6.30. The van der Waals surface area contributed by atoms with Crippen molar-refractivity contribution in [2.24, 2.45) is 0 Å². The van der Waals surface area contributed by atoms with Crippen LogP contribution in [0.3, 0.4) is 0 Å². The zero-order valence-corrected chi connectivity index (χ0v) is 20.9. The van der Waals surface area contributed by atoms with Gasteiger partial charge in [0.2, 0.25) is 11.8 Å². The molecule has 0 radical (unpaired) electrons. The van der Waals surface area contributed by atoms with Crippen molar-refractivity contribution in [3.63, 3.8) is 0 Å². The quantitative estimate of drug-likeness (QED) is 0.352. The maximum absolute atomic E-state index is 13.9. The van der Waals surface area contributed by atoms with Crippen LogP contribution in [0.25, 0.3) is 17.1 Å². The van der Waals surface area contributed by atoms with Crippen LogP contribution in [0.1, 0.15) is 31.1 Å². The number of para-hydroxylation sites is 1. The Bertz CT molecular complexity index is 1390. The van der Waals surface area contributed by atoms with Gasteiger partial charge in [-0.1, -0.05) is 29.8 Å². The van der Waals surface area contributed by atoms with E-state index in [1.807, 2.05) is 26.0 Å². The zero-order valence-electron chi connectivity index (χ0n) is 20.2. The first-order valence-electron chi connectivity index (χ1n) is 11.1. The van der Waals surface area contributed by atoms with Gasteiger partial charge in [0.15, 0.2) is 5.56 Å². The Morgan fingerprint density at radius 2 is 1.72 bits per heavy atom. The molecule has 36 heavy (non-hydrogen) atoms. The first-order valence-corrected chi connectivity index (χ1v) is 11.4. The SMILES string of the molecule is COc1cccc(OC)c1-n1c(COC(C)C)nc(O)c(-c2nnc(Cc3ccc(Cl)cc3)o2)c1=O. The molecule has 4 rings (SSSR count). The summed E-state index contributed by atoms with van der Waals surface area (Å²) < 4.78 is 23.7. The Hall–Kier alpha value is -3.89. The molecule has 4 aromatic rings. The molecule has 0 aliphatic rings. The second kappa shape index (κ2) is 10.8. The standard InChI is InChI=1S/C25H25ClN4O6/c1-14(2)35-13-19-27-23(31)21(24-29-28-20(36-24)12-15-8-10-16(26)11-9-15)25(32)30(19)22-17(33-3)6-5-7-18(22)34-4/h5-11,14,31H,12-13H2,1-4H3. The number of ether oxygens (including phenoxy) is 3. The van der Waals surface area contributed by atoms with Crippen LogP contribution in [-0.4, -0.2) is 45.2 Å². The molecule has 0 bridgehead atoms. The highest BCUT2D eigenvalue weighted by Gasteiger charge is 2.27. The fraction of sp³-hybridized carbons (Fsp3) is 0.280. The molecule has 10 nitrogen and oxygen atoms in total. The Balaban J connectivity index is 1.86. The van der Waals surface area contributed by atoms with Crippen molar-refractivity contribution in [1.82, 2.24) is 19.7 Å². The average Bonchev–Trinajstić information content (AvgIpc) is 3.31. The molecule has 0 atom stereocenters. The highest BCUT2D eigenvalue weighted by Crippen LogP contribution is 2.34. The van der Waals surface area contributed by atoms with Crippen molar-refractivity contribution < 1.29 is 23.7 Å². The van der Waals surface area contributed by atoms with Crippen LogP contribution in [0.2, 0.25) is 5.02 Å². The van der Waals surface area contributed by atoms with E-state index >= 15 is 0 Å². The molecule has 11 heteroatoms. The Morgan fingerprint density at radius 1 is 1.06 bits per heavy atom. The van der Waals surface area contributed by atoms with Gasteiger partial charge in [0.1, 0.15) is 29.6 Å². The first-order chi connectivity index (χ1) is 17.3. The van der Waals surface area contributed by atoms with E-state index in [-0.39, 0.29) is 35.9 Å². The monoisotopic (exact) mass is 512 g/mol. The Labute approximate surface area is 212 Å². The summed E-state index contributed by atoms with van der Waals surface area (Å²) in [7, 11) is 2.95. The summed E-state index contributed by atoms with van der Waals surface area (Å²) in [6.07, 6.45) is 0.163. The highest BCUT2D eigenvalue weighted by atomic mass is 35.5. The van der Waals surface area contributed by atoms with Crippen LogP contribution in [-0.2, 0) is 17.8 Å². The molecular weight excluding hydrogens is 488 g/mol. The van der Waals surface area contributed by atoms with Gasteiger partial charge in [0.25, 0.3) is 11.4 Å². The number of hydrogen-bond donors (Lipinski definition) is 1. The molecule has 0 fully saturated rings. The minimum Gasteiger partial charge on any atom is -0.494 e. The van der Waals surface area contributed by atoms with Crippen LogP contribution in [0.15, 0.2) is 51.7 Å². The van der Waals surface area contributed by atoms with E-state index in [1.54, 1.807) is 30.3 Å². The lowest BCUT2D eigenvalue weighted by molar-refractivity contribution is 0.0595. The van der Waals surface area contributed by atoms with Crippen LogP contribution in [0.4, 0.5) is 0 Å². The normalized spacial score (nSPS) is 11.2. The van der Waals surface area contributed by atoms with Crippen LogP contribution in [0.5, 0.6) is 17.4 Å². The van der Waals surface area contributed by atoms with Gasteiger partial charge < -0.3 is 23.7 Å². The molecule has 0 aliphatic heterocycles. The fourth-order valence-corrected chi connectivity index (χ4v) is 3.69. The minimum absolute atomic E-state index is 0.0619. The van der Waals surface area contributed by atoms with Crippen molar-refractivity contribution in [2.75, 3.05) is 14.2 Å². The first kappa shape index (κ1) is 25.2. The molecule has 188 valence electrons. The number of rotatable bonds is 9. The lowest BCUT2D eigenvalue weighted by Crippen LogP contribution is -2.27. The van der Waals surface area contributed by atoms with Gasteiger partial charge in [0.05, 0.1) is 26.7 Å². The number of aromatic nitrogens is 4. The van der Waals surface area contributed by atoms with E-state index in [1.165, 1.54) is 18.8 Å². The molecule has 0 unspecified atom stereocenters. The molecule has 2 aromatic carbocycles. The summed E-state index contributed by atoms with van der Waals surface area (Å²) in [5.74, 6) is 0.366. The van der Waals surface area contributed by atoms with Crippen molar-refractivity contribution in [3.8, 4) is 34.5 Å². The molecule has 2 heterocycles. The van der Waals surface area contributed by atoms with Gasteiger partial charge >= 0.3 is 0 Å². The number of nitrogens with zero attached hydrogens (tertiary/aromatic N) is 4. The second-order valence-corrected chi connectivity index (χ2v) is 8.48. The summed E-state index contributed by atoms with van der Waals surface area (Å²) in [6.45, 7) is 3.63. The predicted molar refractivity (Wildman–Crippen MR) is 132 cm³/mol. The van der Waals surface area contributed by atoms with Gasteiger partial charge in [-0.2, -0.15) is 4.98 Å². The van der Waals surface area contributed by atoms with E-state index in [2.05, 4.69) is 15.2 Å². The summed E-state index contributed by atoms with van der Waals surface area (Å²) >= 11 is 5.94. The molecule has 0 amide bonds. The van der Waals surface area contributed by atoms with Crippen molar-refractivity contribution in [2.45, 2.75) is 33.0 Å². The van der Waals surface area contributed by atoms with Crippen molar-refractivity contribution in [3.05, 3.63) is 75.1 Å². The molecule has 1 N–H and O–H groups in total. The maximum Gasteiger partial charge on any atom is 0.275 e. The molecule has 0 aliphatic carbocycles. The Kier molecular flexibility index (Phi) is 7.56. The number of benzene rings is 2. The van der Waals surface area contributed by atoms with Gasteiger partial charge in [-0.3, -0.25) is 9.36 Å². The third-order valence-electron chi connectivity index (χ3n) is 5.25. The van der Waals surface area contributed by atoms with Crippen LogP contribution >= 0.6 is 11.6 Å². The van der Waals surface area contributed by atoms with E-state index in [0.717, 1.165) is 5.56 Å². The largest absolute Gasteiger partial charge is 0.494 e. The molecule has 0 spiro atoms. The van der Waals surface area contributed by atoms with Gasteiger partial charge in [-0.05, 0) is 43.7 Å². The maximum atomic E-state index is 13.9. The summed E-state index contributed by atoms with van der Waals surface area (Å²) in [4.78, 5) is 18.1.